The number of hydrogen-bond acceptors (Lipinski definition) is 3. The minimum Gasteiger partial charge on any atom is -0.235 e. The van der Waals surface area contributed by atoms with Gasteiger partial charge in [-0.15, -0.1) is 0 Å². The zero-order valence-corrected chi connectivity index (χ0v) is 12.9. The van der Waals surface area contributed by atoms with Gasteiger partial charge in [-0.25, -0.2) is 9.50 Å². The highest BCUT2D eigenvalue weighted by Crippen LogP contribution is 2.27. The van der Waals surface area contributed by atoms with Gasteiger partial charge in [0.15, 0.2) is 5.65 Å². The third-order valence-corrected chi connectivity index (χ3v) is 5.14. The van der Waals surface area contributed by atoms with Crippen LogP contribution in [0.5, 0.6) is 0 Å². The molecule has 0 unspecified atom stereocenters. The van der Waals surface area contributed by atoms with Crippen molar-refractivity contribution in [2.24, 2.45) is 5.92 Å². The molecule has 0 saturated heterocycles. The number of rotatable bonds is 3. The standard InChI is InChI=1S/C17H19N3S/c1-2-4-13(5-3-1)10-15-6-7-17-18-11-16(20(17)19-15)14-8-9-21-12-14/h6-9,11-13H,1-5,10H2. The Morgan fingerprint density at radius 2 is 2.05 bits per heavy atom. The van der Waals surface area contributed by atoms with E-state index in [1.807, 2.05) is 10.7 Å². The highest BCUT2D eigenvalue weighted by atomic mass is 32.1. The molecular formula is C17H19N3S. The normalized spacial score (nSPS) is 16.6. The van der Waals surface area contributed by atoms with Gasteiger partial charge in [0.05, 0.1) is 17.6 Å². The van der Waals surface area contributed by atoms with Crippen LogP contribution in [0.4, 0.5) is 0 Å². The topological polar surface area (TPSA) is 30.2 Å². The average Bonchev–Trinajstić information content (AvgIpc) is 3.16. The van der Waals surface area contributed by atoms with E-state index in [0.29, 0.717) is 0 Å². The Kier molecular flexibility index (Phi) is 3.47. The molecule has 3 aromatic rings. The molecule has 108 valence electrons. The van der Waals surface area contributed by atoms with Crippen LogP contribution in [0, 0.1) is 5.92 Å². The Labute approximate surface area is 128 Å². The summed E-state index contributed by atoms with van der Waals surface area (Å²) in [7, 11) is 0. The molecule has 0 atom stereocenters. The maximum Gasteiger partial charge on any atom is 0.154 e. The number of aromatic nitrogens is 3. The molecule has 21 heavy (non-hydrogen) atoms. The first-order valence-electron chi connectivity index (χ1n) is 7.76. The number of fused-ring (bicyclic) bond motifs is 1. The number of hydrogen-bond donors (Lipinski definition) is 0. The van der Waals surface area contributed by atoms with Crippen molar-refractivity contribution in [1.29, 1.82) is 0 Å². The van der Waals surface area contributed by atoms with Crippen molar-refractivity contribution in [3.63, 3.8) is 0 Å². The van der Waals surface area contributed by atoms with Gasteiger partial charge in [-0.3, -0.25) is 0 Å². The van der Waals surface area contributed by atoms with Crippen molar-refractivity contribution in [3.8, 4) is 11.3 Å². The molecule has 3 nitrogen and oxygen atoms in total. The van der Waals surface area contributed by atoms with Crippen LogP contribution < -0.4 is 0 Å². The van der Waals surface area contributed by atoms with Gasteiger partial charge in [-0.05, 0) is 35.9 Å². The lowest BCUT2D eigenvalue weighted by molar-refractivity contribution is 0.353. The number of imidazole rings is 1. The van der Waals surface area contributed by atoms with Crippen molar-refractivity contribution >= 4 is 17.0 Å². The summed E-state index contributed by atoms with van der Waals surface area (Å²) in [5, 5.41) is 9.09. The summed E-state index contributed by atoms with van der Waals surface area (Å²) >= 11 is 1.71. The van der Waals surface area contributed by atoms with Crippen LogP contribution in [0.1, 0.15) is 37.8 Å². The Morgan fingerprint density at radius 3 is 2.86 bits per heavy atom. The summed E-state index contributed by atoms with van der Waals surface area (Å²) in [4.78, 5) is 4.47. The smallest absolute Gasteiger partial charge is 0.154 e. The van der Waals surface area contributed by atoms with E-state index in [4.69, 9.17) is 5.10 Å². The SMILES string of the molecule is c1cc(-c2cnc3ccc(CC4CCCCC4)nn23)cs1. The zero-order valence-electron chi connectivity index (χ0n) is 12.0. The first kappa shape index (κ1) is 13.0. The van der Waals surface area contributed by atoms with E-state index in [0.717, 1.165) is 23.7 Å². The van der Waals surface area contributed by atoms with E-state index < -0.39 is 0 Å². The van der Waals surface area contributed by atoms with Crippen molar-refractivity contribution < 1.29 is 0 Å². The fourth-order valence-corrected chi connectivity index (χ4v) is 3.96. The monoisotopic (exact) mass is 297 g/mol. The van der Waals surface area contributed by atoms with Gasteiger partial charge in [0.25, 0.3) is 0 Å². The lowest BCUT2D eigenvalue weighted by Gasteiger charge is -2.20. The molecule has 1 aliphatic carbocycles. The third-order valence-electron chi connectivity index (χ3n) is 4.46. The Morgan fingerprint density at radius 1 is 1.14 bits per heavy atom. The van der Waals surface area contributed by atoms with Crippen LogP contribution in [0.15, 0.2) is 35.2 Å². The number of thiophene rings is 1. The maximum atomic E-state index is 4.84. The van der Waals surface area contributed by atoms with E-state index in [1.165, 1.54) is 43.4 Å². The zero-order chi connectivity index (χ0) is 14.1. The lowest BCUT2D eigenvalue weighted by Crippen LogP contribution is -2.11. The molecule has 0 spiro atoms. The molecule has 0 aliphatic heterocycles. The van der Waals surface area contributed by atoms with E-state index >= 15 is 0 Å². The summed E-state index contributed by atoms with van der Waals surface area (Å²) in [5.74, 6) is 0.816. The van der Waals surface area contributed by atoms with Gasteiger partial charge in [0.1, 0.15) is 0 Å². The summed E-state index contributed by atoms with van der Waals surface area (Å²) in [6, 6.07) is 6.37. The second kappa shape index (κ2) is 5.60. The van der Waals surface area contributed by atoms with Gasteiger partial charge in [0, 0.05) is 10.9 Å². The van der Waals surface area contributed by atoms with Gasteiger partial charge in [-0.2, -0.15) is 16.4 Å². The van der Waals surface area contributed by atoms with Crippen LogP contribution in [0.2, 0.25) is 0 Å². The quantitative estimate of drug-likeness (QED) is 0.708. The average molecular weight is 297 g/mol. The third kappa shape index (κ3) is 2.60. The van der Waals surface area contributed by atoms with Crippen LogP contribution in [-0.4, -0.2) is 14.6 Å². The molecule has 0 bridgehead atoms. The molecular weight excluding hydrogens is 278 g/mol. The van der Waals surface area contributed by atoms with Crippen molar-refractivity contribution in [1.82, 2.24) is 14.6 Å². The van der Waals surface area contributed by atoms with Gasteiger partial charge in [-0.1, -0.05) is 32.1 Å². The lowest BCUT2D eigenvalue weighted by atomic mass is 9.86. The largest absolute Gasteiger partial charge is 0.235 e. The first-order chi connectivity index (χ1) is 10.4. The predicted octanol–water partition coefficient (Wildman–Crippen LogP) is 4.58. The minimum absolute atomic E-state index is 0.816. The second-order valence-electron chi connectivity index (χ2n) is 5.96. The highest BCUT2D eigenvalue weighted by Gasteiger charge is 2.15. The van der Waals surface area contributed by atoms with Gasteiger partial charge >= 0.3 is 0 Å². The summed E-state index contributed by atoms with van der Waals surface area (Å²) in [6.07, 6.45) is 9.94. The molecule has 1 saturated carbocycles. The summed E-state index contributed by atoms with van der Waals surface area (Å²) < 4.78 is 2.00. The van der Waals surface area contributed by atoms with E-state index in [1.54, 1.807) is 11.3 Å². The maximum absolute atomic E-state index is 4.84. The summed E-state index contributed by atoms with van der Waals surface area (Å²) in [6.45, 7) is 0. The first-order valence-corrected chi connectivity index (χ1v) is 8.71. The molecule has 3 heterocycles. The van der Waals surface area contributed by atoms with E-state index in [9.17, 15) is 0 Å². The Bertz CT molecular complexity index is 724. The number of nitrogens with zero attached hydrogens (tertiary/aromatic N) is 3. The molecule has 1 aliphatic rings. The molecule has 3 aromatic heterocycles. The van der Waals surface area contributed by atoms with E-state index in [-0.39, 0.29) is 0 Å². The minimum atomic E-state index is 0.816. The fourth-order valence-electron chi connectivity index (χ4n) is 3.31. The molecule has 1 fully saturated rings. The molecule has 0 aromatic carbocycles. The molecule has 0 amide bonds. The Hall–Kier alpha value is -1.68. The molecule has 0 radical (unpaired) electrons. The van der Waals surface area contributed by atoms with Crippen LogP contribution in [0.3, 0.4) is 0 Å². The summed E-state index contributed by atoms with van der Waals surface area (Å²) in [5.41, 5.74) is 4.43. The fraction of sp³-hybridized carbons (Fsp3) is 0.412. The molecule has 4 rings (SSSR count). The van der Waals surface area contributed by atoms with Crippen LogP contribution in [0.25, 0.3) is 16.9 Å². The van der Waals surface area contributed by atoms with Crippen LogP contribution >= 0.6 is 11.3 Å². The molecule has 0 N–H and O–H groups in total. The van der Waals surface area contributed by atoms with Crippen molar-refractivity contribution in [3.05, 3.63) is 40.8 Å². The molecule has 4 heteroatoms. The van der Waals surface area contributed by atoms with Crippen molar-refractivity contribution in [2.45, 2.75) is 38.5 Å². The van der Waals surface area contributed by atoms with Crippen molar-refractivity contribution in [2.75, 3.05) is 0 Å². The second-order valence-corrected chi connectivity index (χ2v) is 6.74. The predicted molar refractivity (Wildman–Crippen MR) is 86.6 cm³/mol. The van der Waals surface area contributed by atoms with Gasteiger partial charge < -0.3 is 0 Å². The highest BCUT2D eigenvalue weighted by molar-refractivity contribution is 7.08. The van der Waals surface area contributed by atoms with E-state index in [2.05, 4.69) is 33.9 Å². The van der Waals surface area contributed by atoms with Crippen LogP contribution in [-0.2, 0) is 6.42 Å². The Balaban J connectivity index is 1.66. The van der Waals surface area contributed by atoms with Gasteiger partial charge in [0.2, 0.25) is 0 Å².